The van der Waals surface area contributed by atoms with Crippen molar-refractivity contribution in [2.24, 2.45) is 5.73 Å². The number of halogens is 1. The molecule has 1 heterocycles. The van der Waals surface area contributed by atoms with Gasteiger partial charge in [-0.1, -0.05) is 6.92 Å². The summed E-state index contributed by atoms with van der Waals surface area (Å²) in [6.45, 7) is 3.71. The fourth-order valence-corrected chi connectivity index (χ4v) is 2.76. The third kappa shape index (κ3) is 4.19. The molecule has 0 saturated carbocycles. The average molecular weight is 342 g/mol. The number of nitrogens with two attached hydrogens (primary N) is 1. The van der Waals surface area contributed by atoms with E-state index < -0.39 is 6.04 Å². The summed E-state index contributed by atoms with van der Waals surface area (Å²) in [5, 5.41) is 3.33. The Morgan fingerprint density at radius 2 is 2.05 bits per heavy atom. The molecule has 1 aromatic heterocycles. The lowest BCUT2D eigenvalue weighted by Crippen LogP contribution is -2.32. The Hall–Kier alpha value is -1.63. The SMILES string of the molecule is CCc1sc(NC(=O)[C@@H](C)N)nc1-c1ccc(OC)cc1.Cl. The Balaban J connectivity index is 0.00000242. The molecule has 0 bridgehead atoms. The quantitative estimate of drug-likeness (QED) is 0.876. The molecule has 5 nitrogen and oxygen atoms in total. The number of aromatic nitrogens is 1. The van der Waals surface area contributed by atoms with Crippen LogP contribution in [-0.2, 0) is 11.2 Å². The average Bonchev–Trinajstić information content (AvgIpc) is 2.90. The van der Waals surface area contributed by atoms with Crippen LogP contribution in [0.3, 0.4) is 0 Å². The van der Waals surface area contributed by atoms with Gasteiger partial charge in [-0.15, -0.1) is 23.7 Å². The summed E-state index contributed by atoms with van der Waals surface area (Å²) < 4.78 is 5.16. The molecular weight excluding hydrogens is 322 g/mol. The summed E-state index contributed by atoms with van der Waals surface area (Å²) in [6.07, 6.45) is 0.854. The van der Waals surface area contributed by atoms with Crippen molar-refractivity contribution >= 4 is 34.8 Å². The number of hydrogen-bond donors (Lipinski definition) is 2. The van der Waals surface area contributed by atoms with Crippen LogP contribution in [0.25, 0.3) is 11.3 Å². The van der Waals surface area contributed by atoms with Gasteiger partial charge >= 0.3 is 0 Å². The minimum Gasteiger partial charge on any atom is -0.497 e. The number of anilines is 1. The van der Waals surface area contributed by atoms with E-state index in [1.54, 1.807) is 14.0 Å². The third-order valence-corrected chi connectivity index (χ3v) is 4.14. The number of aryl methyl sites for hydroxylation is 1. The topological polar surface area (TPSA) is 77.2 Å². The molecular formula is C15H20ClN3O2S. The van der Waals surface area contributed by atoms with Gasteiger partial charge in [0.2, 0.25) is 5.91 Å². The number of carbonyl (C=O) groups is 1. The number of carbonyl (C=O) groups excluding carboxylic acids is 1. The summed E-state index contributed by atoms with van der Waals surface area (Å²) in [5.41, 5.74) is 7.45. The van der Waals surface area contributed by atoms with Crippen LogP contribution in [0.4, 0.5) is 5.13 Å². The van der Waals surface area contributed by atoms with E-state index in [1.807, 2.05) is 24.3 Å². The van der Waals surface area contributed by atoms with E-state index in [0.29, 0.717) is 5.13 Å². The summed E-state index contributed by atoms with van der Waals surface area (Å²) in [7, 11) is 1.64. The lowest BCUT2D eigenvalue weighted by atomic mass is 10.1. The highest BCUT2D eigenvalue weighted by molar-refractivity contribution is 7.16. The number of methoxy groups -OCH3 is 1. The number of amides is 1. The van der Waals surface area contributed by atoms with E-state index in [2.05, 4.69) is 17.2 Å². The number of thiazole rings is 1. The first-order chi connectivity index (χ1) is 10.0. The van der Waals surface area contributed by atoms with Crippen molar-refractivity contribution in [3.63, 3.8) is 0 Å². The van der Waals surface area contributed by atoms with Crippen LogP contribution in [0.1, 0.15) is 18.7 Å². The second-order valence-electron chi connectivity index (χ2n) is 4.65. The monoisotopic (exact) mass is 341 g/mol. The van der Waals surface area contributed by atoms with Gasteiger partial charge in [0.25, 0.3) is 0 Å². The first-order valence-electron chi connectivity index (χ1n) is 6.75. The second kappa shape index (κ2) is 8.12. The summed E-state index contributed by atoms with van der Waals surface area (Å²) >= 11 is 1.48. The molecule has 2 rings (SSSR count). The third-order valence-electron chi connectivity index (χ3n) is 3.03. The molecule has 0 aliphatic heterocycles. The van der Waals surface area contributed by atoms with E-state index in [0.717, 1.165) is 28.3 Å². The van der Waals surface area contributed by atoms with Gasteiger partial charge in [0.15, 0.2) is 5.13 Å². The second-order valence-corrected chi connectivity index (χ2v) is 5.73. The van der Waals surface area contributed by atoms with E-state index in [-0.39, 0.29) is 18.3 Å². The first-order valence-corrected chi connectivity index (χ1v) is 7.57. The molecule has 1 atom stereocenters. The molecule has 0 spiro atoms. The molecule has 1 aromatic carbocycles. The van der Waals surface area contributed by atoms with Crippen LogP contribution in [-0.4, -0.2) is 24.0 Å². The zero-order valence-electron chi connectivity index (χ0n) is 12.8. The molecule has 2 aromatic rings. The number of rotatable bonds is 5. The molecule has 0 aliphatic rings. The summed E-state index contributed by atoms with van der Waals surface area (Å²) in [4.78, 5) is 17.3. The largest absolute Gasteiger partial charge is 0.497 e. The maximum atomic E-state index is 11.7. The van der Waals surface area contributed by atoms with Crippen LogP contribution in [0, 0.1) is 0 Å². The van der Waals surface area contributed by atoms with Crippen LogP contribution < -0.4 is 15.8 Å². The molecule has 7 heteroatoms. The fraction of sp³-hybridized carbons (Fsp3) is 0.333. The van der Waals surface area contributed by atoms with Crippen molar-refractivity contribution in [1.29, 1.82) is 0 Å². The molecule has 0 aliphatic carbocycles. The van der Waals surface area contributed by atoms with Gasteiger partial charge in [0.05, 0.1) is 18.8 Å². The van der Waals surface area contributed by atoms with Crippen LogP contribution in [0.15, 0.2) is 24.3 Å². The number of benzene rings is 1. The van der Waals surface area contributed by atoms with E-state index in [1.165, 1.54) is 11.3 Å². The van der Waals surface area contributed by atoms with Crippen molar-refractivity contribution < 1.29 is 9.53 Å². The number of nitrogens with one attached hydrogen (secondary N) is 1. The molecule has 0 unspecified atom stereocenters. The summed E-state index contributed by atoms with van der Waals surface area (Å²) in [6, 6.07) is 7.17. The minimum atomic E-state index is -0.552. The van der Waals surface area contributed by atoms with Gasteiger partial charge in [-0.25, -0.2) is 4.98 Å². The highest BCUT2D eigenvalue weighted by Gasteiger charge is 2.15. The first kappa shape index (κ1) is 18.4. The highest BCUT2D eigenvalue weighted by Crippen LogP contribution is 2.32. The molecule has 3 N–H and O–H groups in total. The predicted molar refractivity (Wildman–Crippen MR) is 93.0 cm³/mol. The lowest BCUT2D eigenvalue weighted by molar-refractivity contribution is -0.117. The molecule has 22 heavy (non-hydrogen) atoms. The maximum absolute atomic E-state index is 11.7. The van der Waals surface area contributed by atoms with Crippen molar-refractivity contribution in [1.82, 2.24) is 4.98 Å². The van der Waals surface area contributed by atoms with E-state index >= 15 is 0 Å². The summed E-state index contributed by atoms with van der Waals surface area (Å²) in [5.74, 6) is 0.574. The molecule has 1 amide bonds. The van der Waals surface area contributed by atoms with Gasteiger partial charge in [0.1, 0.15) is 5.75 Å². The standard InChI is InChI=1S/C15H19N3O2S.ClH/c1-4-12-13(10-5-7-11(20-3)8-6-10)17-15(21-12)18-14(19)9(2)16;/h5-9H,4,16H2,1-3H3,(H,17,18,19);1H/t9-;/m1./s1. The van der Waals surface area contributed by atoms with Crippen molar-refractivity contribution in [3.8, 4) is 17.0 Å². The van der Waals surface area contributed by atoms with Gasteiger partial charge < -0.3 is 15.8 Å². The zero-order chi connectivity index (χ0) is 15.4. The number of hydrogen-bond acceptors (Lipinski definition) is 5. The normalized spacial score (nSPS) is 11.5. The Labute approximate surface area is 140 Å². The molecule has 0 saturated heterocycles. The Bertz CT molecular complexity index is 626. The van der Waals surface area contributed by atoms with Gasteiger partial charge in [-0.2, -0.15) is 0 Å². The molecule has 0 radical (unpaired) electrons. The van der Waals surface area contributed by atoms with Crippen molar-refractivity contribution in [2.45, 2.75) is 26.3 Å². The van der Waals surface area contributed by atoms with Crippen LogP contribution in [0.5, 0.6) is 5.75 Å². The highest BCUT2D eigenvalue weighted by atomic mass is 35.5. The Morgan fingerprint density at radius 1 is 1.41 bits per heavy atom. The molecule has 0 fully saturated rings. The lowest BCUT2D eigenvalue weighted by Gasteiger charge is -2.04. The van der Waals surface area contributed by atoms with E-state index in [4.69, 9.17) is 10.5 Å². The number of nitrogens with zero attached hydrogens (tertiary/aromatic N) is 1. The minimum absolute atomic E-state index is 0. The van der Waals surface area contributed by atoms with Crippen molar-refractivity contribution in [3.05, 3.63) is 29.1 Å². The van der Waals surface area contributed by atoms with Gasteiger partial charge in [-0.3, -0.25) is 4.79 Å². The van der Waals surface area contributed by atoms with Gasteiger partial charge in [-0.05, 0) is 37.6 Å². The van der Waals surface area contributed by atoms with Gasteiger partial charge in [0, 0.05) is 10.4 Å². The zero-order valence-corrected chi connectivity index (χ0v) is 14.4. The Kier molecular flexibility index (Phi) is 6.80. The smallest absolute Gasteiger partial charge is 0.242 e. The number of ether oxygens (including phenoxy) is 1. The molecule has 120 valence electrons. The fourth-order valence-electron chi connectivity index (χ4n) is 1.84. The van der Waals surface area contributed by atoms with E-state index in [9.17, 15) is 4.79 Å². The Morgan fingerprint density at radius 3 is 2.55 bits per heavy atom. The van der Waals surface area contributed by atoms with Crippen LogP contribution >= 0.6 is 23.7 Å². The predicted octanol–water partition coefficient (Wildman–Crippen LogP) is 3.09. The van der Waals surface area contributed by atoms with Crippen molar-refractivity contribution in [2.75, 3.05) is 12.4 Å². The van der Waals surface area contributed by atoms with Crippen LogP contribution in [0.2, 0.25) is 0 Å². The maximum Gasteiger partial charge on any atom is 0.242 e.